The van der Waals surface area contributed by atoms with E-state index in [1.54, 1.807) is 6.07 Å². The lowest BCUT2D eigenvalue weighted by molar-refractivity contribution is 0.0939. The van der Waals surface area contributed by atoms with Crippen LogP contribution in [0.1, 0.15) is 17.4 Å². The van der Waals surface area contributed by atoms with Crippen molar-refractivity contribution in [1.82, 2.24) is 15.2 Å². The minimum absolute atomic E-state index is 0.203. The molecule has 2 rings (SSSR count). The fraction of sp³-hybridized carbons (Fsp3) is 0.333. The topological polar surface area (TPSA) is 83.3 Å². The normalized spacial score (nSPS) is 12.4. The molecule has 0 radical (unpaired) electrons. The second kappa shape index (κ2) is 6.51. The molecule has 21 heavy (non-hydrogen) atoms. The van der Waals surface area contributed by atoms with Crippen LogP contribution in [0.15, 0.2) is 30.3 Å². The van der Waals surface area contributed by atoms with Crippen molar-refractivity contribution < 1.29 is 4.79 Å². The van der Waals surface area contributed by atoms with Gasteiger partial charge in [-0.25, -0.2) is 10.8 Å². The van der Waals surface area contributed by atoms with Crippen LogP contribution < -0.4 is 16.6 Å². The molecule has 0 fully saturated rings. The van der Waals surface area contributed by atoms with Gasteiger partial charge >= 0.3 is 0 Å². The first-order chi connectivity index (χ1) is 10.0. The predicted molar refractivity (Wildman–Crippen MR) is 85.0 cm³/mol. The quantitative estimate of drug-likeness (QED) is 0.568. The summed E-state index contributed by atoms with van der Waals surface area (Å²) in [6.07, 6.45) is 0. The number of nitrogens with one attached hydrogen (secondary N) is 2. The number of amides is 1. The molecule has 0 aliphatic rings. The first kappa shape index (κ1) is 15.2. The first-order valence-corrected chi connectivity index (χ1v) is 6.84. The van der Waals surface area contributed by atoms with E-state index >= 15 is 0 Å². The van der Waals surface area contributed by atoms with E-state index < -0.39 is 0 Å². The van der Waals surface area contributed by atoms with E-state index in [1.165, 1.54) is 0 Å². The molecule has 0 saturated heterocycles. The number of hydrazine groups is 1. The number of carbonyl (C=O) groups excluding carboxylic acids is 1. The molecule has 1 aromatic heterocycles. The highest BCUT2D eigenvalue weighted by atomic mass is 16.1. The van der Waals surface area contributed by atoms with Crippen molar-refractivity contribution in [2.45, 2.75) is 13.0 Å². The lowest BCUT2D eigenvalue weighted by atomic mass is 10.1. The minimum Gasteiger partial charge on any atom is -0.349 e. The Bertz CT molecular complexity index is 641. The molecule has 112 valence electrons. The Labute approximate surface area is 124 Å². The molecule has 0 bridgehead atoms. The van der Waals surface area contributed by atoms with Crippen molar-refractivity contribution in [1.29, 1.82) is 0 Å². The van der Waals surface area contributed by atoms with Crippen molar-refractivity contribution in [2.24, 2.45) is 5.84 Å². The third-order valence-corrected chi connectivity index (χ3v) is 3.55. The molecule has 0 aliphatic carbocycles. The van der Waals surface area contributed by atoms with Crippen molar-refractivity contribution in [3.63, 3.8) is 0 Å². The third kappa shape index (κ3) is 3.48. The number of nitrogens with two attached hydrogens (primary N) is 1. The lowest BCUT2D eigenvalue weighted by Gasteiger charge is -2.20. The van der Waals surface area contributed by atoms with Crippen molar-refractivity contribution >= 4 is 22.5 Å². The van der Waals surface area contributed by atoms with Gasteiger partial charge in [0.1, 0.15) is 11.5 Å². The number of nitrogens with zero attached hydrogens (tertiary/aromatic N) is 2. The van der Waals surface area contributed by atoms with Gasteiger partial charge in [-0.3, -0.25) is 4.79 Å². The van der Waals surface area contributed by atoms with Gasteiger partial charge in [0, 0.05) is 18.0 Å². The number of likely N-dealkylation sites (N-methyl/N-ethyl adjacent to an activating group) is 1. The maximum atomic E-state index is 12.2. The Morgan fingerprint density at radius 1 is 1.38 bits per heavy atom. The number of fused-ring (bicyclic) bond motifs is 1. The average Bonchev–Trinajstić information content (AvgIpc) is 2.50. The fourth-order valence-corrected chi connectivity index (χ4v) is 1.94. The summed E-state index contributed by atoms with van der Waals surface area (Å²) in [4.78, 5) is 18.5. The van der Waals surface area contributed by atoms with E-state index in [0.717, 1.165) is 10.8 Å². The standard InChI is InChI=1S/C15H21N5O/c1-10(20(2)3)9-17-15(21)13-8-11-6-4-5-7-12(11)14(18-13)19-16/h4-8,10H,9,16H2,1-3H3,(H,17,21)(H,18,19). The second-order valence-electron chi connectivity index (χ2n) is 5.24. The van der Waals surface area contributed by atoms with Crippen LogP contribution in [-0.2, 0) is 0 Å². The van der Waals surface area contributed by atoms with Crippen LogP contribution in [-0.4, -0.2) is 42.5 Å². The molecule has 1 atom stereocenters. The number of hydrogen-bond acceptors (Lipinski definition) is 5. The number of aromatic nitrogens is 1. The highest BCUT2D eigenvalue weighted by Crippen LogP contribution is 2.21. The van der Waals surface area contributed by atoms with Crippen LogP contribution in [0, 0.1) is 0 Å². The summed E-state index contributed by atoms with van der Waals surface area (Å²) < 4.78 is 0. The molecule has 1 heterocycles. The zero-order valence-electron chi connectivity index (χ0n) is 12.6. The van der Waals surface area contributed by atoms with Crippen molar-refractivity contribution in [2.75, 3.05) is 26.1 Å². The number of rotatable bonds is 5. The zero-order chi connectivity index (χ0) is 15.4. The summed E-state index contributed by atoms with van der Waals surface area (Å²) in [5.74, 6) is 5.79. The predicted octanol–water partition coefficient (Wildman–Crippen LogP) is 1.20. The summed E-state index contributed by atoms with van der Waals surface area (Å²) >= 11 is 0. The summed E-state index contributed by atoms with van der Waals surface area (Å²) in [6, 6.07) is 9.68. The molecule has 6 heteroatoms. The minimum atomic E-state index is -0.203. The Balaban J connectivity index is 2.23. The van der Waals surface area contributed by atoms with E-state index in [4.69, 9.17) is 5.84 Å². The highest BCUT2D eigenvalue weighted by Gasteiger charge is 2.13. The van der Waals surface area contributed by atoms with Gasteiger partial charge in [-0.1, -0.05) is 24.3 Å². The molecule has 6 nitrogen and oxygen atoms in total. The van der Waals surface area contributed by atoms with Crippen molar-refractivity contribution in [3.05, 3.63) is 36.0 Å². The average molecular weight is 287 g/mol. The van der Waals surface area contributed by atoms with Crippen molar-refractivity contribution in [3.8, 4) is 0 Å². The molecule has 0 spiro atoms. The summed E-state index contributed by atoms with van der Waals surface area (Å²) in [7, 11) is 3.95. The van der Waals surface area contributed by atoms with Crippen LogP contribution in [0.25, 0.3) is 10.8 Å². The molecule has 1 unspecified atom stereocenters. The van der Waals surface area contributed by atoms with Crippen LogP contribution in [0.5, 0.6) is 0 Å². The monoisotopic (exact) mass is 287 g/mol. The number of pyridine rings is 1. The van der Waals surface area contributed by atoms with E-state index in [2.05, 4.69) is 15.7 Å². The molecular weight excluding hydrogens is 266 g/mol. The Hall–Kier alpha value is -2.18. The van der Waals surface area contributed by atoms with Gasteiger partial charge in [-0.15, -0.1) is 0 Å². The Morgan fingerprint density at radius 2 is 2.10 bits per heavy atom. The number of benzene rings is 1. The molecule has 2 aromatic rings. The number of hydrogen-bond donors (Lipinski definition) is 3. The largest absolute Gasteiger partial charge is 0.349 e. The van der Waals surface area contributed by atoms with Gasteiger partial charge in [0.15, 0.2) is 0 Å². The maximum absolute atomic E-state index is 12.2. The van der Waals surface area contributed by atoms with Crippen LogP contribution >= 0.6 is 0 Å². The number of carbonyl (C=O) groups is 1. The molecule has 0 saturated carbocycles. The third-order valence-electron chi connectivity index (χ3n) is 3.55. The maximum Gasteiger partial charge on any atom is 0.270 e. The first-order valence-electron chi connectivity index (χ1n) is 6.84. The summed E-state index contributed by atoms with van der Waals surface area (Å²) in [5.41, 5.74) is 2.90. The number of anilines is 1. The highest BCUT2D eigenvalue weighted by molar-refractivity contribution is 6.00. The van der Waals surface area contributed by atoms with Gasteiger partial charge < -0.3 is 15.6 Å². The smallest absolute Gasteiger partial charge is 0.270 e. The van der Waals surface area contributed by atoms with Crippen LogP contribution in [0.2, 0.25) is 0 Å². The van der Waals surface area contributed by atoms with Gasteiger partial charge in [0.2, 0.25) is 0 Å². The lowest BCUT2D eigenvalue weighted by Crippen LogP contribution is -2.38. The number of nitrogen functional groups attached to an aromatic ring is 1. The Kier molecular flexibility index (Phi) is 4.72. The van der Waals surface area contributed by atoms with Gasteiger partial charge in [-0.05, 0) is 32.5 Å². The van der Waals surface area contributed by atoms with Crippen LogP contribution in [0.3, 0.4) is 0 Å². The van der Waals surface area contributed by atoms with Crippen LogP contribution in [0.4, 0.5) is 5.82 Å². The molecule has 1 aromatic carbocycles. The van der Waals surface area contributed by atoms with Gasteiger partial charge in [-0.2, -0.15) is 0 Å². The molecular formula is C15H21N5O. The van der Waals surface area contributed by atoms with E-state index in [1.807, 2.05) is 50.2 Å². The van der Waals surface area contributed by atoms with Gasteiger partial charge in [0.05, 0.1) is 0 Å². The summed E-state index contributed by atoms with van der Waals surface area (Å²) in [5, 5.41) is 4.69. The Morgan fingerprint density at radius 3 is 2.76 bits per heavy atom. The summed E-state index contributed by atoms with van der Waals surface area (Å²) in [6.45, 7) is 2.60. The molecule has 4 N–H and O–H groups in total. The second-order valence-corrected chi connectivity index (χ2v) is 5.24. The fourth-order valence-electron chi connectivity index (χ4n) is 1.94. The van der Waals surface area contributed by atoms with E-state index in [-0.39, 0.29) is 11.9 Å². The van der Waals surface area contributed by atoms with E-state index in [0.29, 0.717) is 18.1 Å². The van der Waals surface area contributed by atoms with Gasteiger partial charge in [0.25, 0.3) is 5.91 Å². The zero-order valence-corrected chi connectivity index (χ0v) is 12.6. The van der Waals surface area contributed by atoms with E-state index in [9.17, 15) is 4.79 Å². The SMILES string of the molecule is CC(CNC(=O)c1cc2ccccc2c(NN)n1)N(C)C. The molecule has 0 aliphatic heterocycles. The molecule has 1 amide bonds.